The number of pyridine rings is 1. The Balaban J connectivity index is 1.43. The molecule has 0 aliphatic carbocycles. The van der Waals surface area contributed by atoms with Crippen LogP contribution in [0, 0.1) is 0 Å². The molecule has 0 aliphatic rings. The standard InChI is InChI=1S/C27H20F3N3O3/c28-27(29,30)19-10-6-11-20(16-19)32-25-22(13-7-15-31-25)26(35)36-17-24(34)33-23-14-5-4-12-21(23)18-8-2-1-3-9-18/h1-16H,17H2,(H,31,32)(H,33,34). The molecule has 0 aliphatic heterocycles. The van der Waals surface area contributed by atoms with Crippen LogP contribution in [0.4, 0.5) is 30.4 Å². The number of hydrogen-bond donors (Lipinski definition) is 2. The molecule has 4 aromatic rings. The van der Waals surface area contributed by atoms with Crippen molar-refractivity contribution in [2.45, 2.75) is 6.18 Å². The van der Waals surface area contributed by atoms with Gasteiger partial charge in [-0.05, 0) is 42.0 Å². The molecule has 6 nitrogen and oxygen atoms in total. The molecule has 1 aromatic heterocycles. The van der Waals surface area contributed by atoms with Crippen molar-refractivity contribution >= 4 is 29.1 Å². The number of carbonyl (C=O) groups excluding carboxylic acids is 2. The smallest absolute Gasteiger partial charge is 0.416 e. The molecule has 2 N–H and O–H groups in total. The fourth-order valence-corrected chi connectivity index (χ4v) is 3.44. The van der Waals surface area contributed by atoms with Crippen LogP contribution in [0.5, 0.6) is 0 Å². The molecule has 0 spiro atoms. The monoisotopic (exact) mass is 491 g/mol. The van der Waals surface area contributed by atoms with E-state index in [9.17, 15) is 22.8 Å². The van der Waals surface area contributed by atoms with Gasteiger partial charge in [0.1, 0.15) is 11.4 Å². The van der Waals surface area contributed by atoms with Gasteiger partial charge in [-0.1, -0.05) is 54.6 Å². The van der Waals surface area contributed by atoms with Crippen LogP contribution in [0.2, 0.25) is 0 Å². The quantitative estimate of drug-likeness (QED) is 0.296. The molecule has 0 bridgehead atoms. The second-order valence-corrected chi connectivity index (χ2v) is 7.64. The predicted molar refractivity (Wildman–Crippen MR) is 130 cm³/mol. The number of nitrogens with zero attached hydrogens (tertiary/aromatic N) is 1. The minimum absolute atomic E-state index is 0.00310. The topological polar surface area (TPSA) is 80.3 Å². The van der Waals surface area contributed by atoms with Crippen LogP contribution >= 0.6 is 0 Å². The van der Waals surface area contributed by atoms with Crippen LogP contribution < -0.4 is 10.6 Å². The summed E-state index contributed by atoms with van der Waals surface area (Å²) in [6.45, 7) is -0.570. The maximum absolute atomic E-state index is 13.0. The van der Waals surface area contributed by atoms with Gasteiger partial charge in [0, 0.05) is 23.1 Å². The summed E-state index contributed by atoms with van der Waals surface area (Å²) in [7, 11) is 0. The number of nitrogens with one attached hydrogen (secondary N) is 2. The SMILES string of the molecule is O=C(COC(=O)c1cccnc1Nc1cccc(C(F)(F)F)c1)Nc1ccccc1-c1ccccc1. The van der Waals surface area contributed by atoms with Crippen molar-refractivity contribution in [2.75, 3.05) is 17.2 Å². The summed E-state index contributed by atoms with van der Waals surface area (Å²) < 4.78 is 44.2. The number of para-hydroxylation sites is 1. The summed E-state index contributed by atoms with van der Waals surface area (Å²) in [4.78, 5) is 29.2. The molecular weight excluding hydrogens is 471 g/mol. The Hall–Kier alpha value is -4.66. The van der Waals surface area contributed by atoms with E-state index >= 15 is 0 Å². The van der Waals surface area contributed by atoms with Crippen LogP contribution in [0.3, 0.4) is 0 Å². The van der Waals surface area contributed by atoms with E-state index in [1.165, 1.54) is 30.5 Å². The molecule has 0 saturated heterocycles. The Bertz CT molecular complexity index is 1380. The second-order valence-electron chi connectivity index (χ2n) is 7.64. The van der Waals surface area contributed by atoms with Crippen LogP contribution in [0.1, 0.15) is 15.9 Å². The van der Waals surface area contributed by atoms with E-state index in [1.54, 1.807) is 12.1 Å². The lowest BCUT2D eigenvalue weighted by Gasteiger charge is -2.13. The zero-order valence-electron chi connectivity index (χ0n) is 18.8. The zero-order chi connectivity index (χ0) is 25.5. The van der Waals surface area contributed by atoms with Crippen molar-refractivity contribution < 1.29 is 27.5 Å². The third-order valence-corrected chi connectivity index (χ3v) is 5.10. The summed E-state index contributed by atoms with van der Waals surface area (Å²) in [6, 6.07) is 24.1. The first-order chi connectivity index (χ1) is 17.3. The first kappa shape index (κ1) is 24.5. The lowest BCUT2D eigenvalue weighted by Crippen LogP contribution is -2.21. The number of rotatable bonds is 7. The van der Waals surface area contributed by atoms with Gasteiger partial charge in [-0.3, -0.25) is 4.79 Å². The fourth-order valence-electron chi connectivity index (χ4n) is 3.44. The van der Waals surface area contributed by atoms with Crippen molar-refractivity contribution in [2.24, 2.45) is 0 Å². The molecule has 0 fully saturated rings. The van der Waals surface area contributed by atoms with Crippen molar-refractivity contribution in [1.29, 1.82) is 0 Å². The lowest BCUT2D eigenvalue weighted by molar-refractivity contribution is -0.137. The highest BCUT2D eigenvalue weighted by atomic mass is 19.4. The van der Waals surface area contributed by atoms with Crippen LogP contribution in [0.15, 0.2) is 97.2 Å². The number of aromatic nitrogens is 1. The third kappa shape index (κ3) is 6.06. The van der Waals surface area contributed by atoms with Gasteiger partial charge in [0.25, 0.3) is 5.91 Å². The Morgan fingerprint density at radius 3 is 2.39 bits per heavy atom. The normalized spacial score (nSPS) is 11.0. The number of benzene rings is 3. The minimum Gasteiger partial charge on any atom is -0.452 e. The molecule has 0 atom stereocenters. The minimum atomic E-state index is -4.52. The molecule has 1 heterocycles. The fraction of sp³-hybridized carbons (Fsp3) is 0.0741. The first-order valence-corrected chi connectivity index (χ1v) is 10.8. The van der Waals surface area contributed by atoms with E-state index in [0.717, 1.165) is 23.3 Å². The van der Waals surface area contributed by atoms with E-state index in [1.807, 2.05) is 42.5 Å². The number of anilines is 3. The number of carbonyl (C=O) groups is 2. The highest BCUT2D eigenvalue weighted by molar-refractivity contribution is 5.99. The molecule has 182 valence electrons. The highest BCUT2D eigenvalue weighted by Gasteiger charge is 2.30. The van der Waals surface area contributed by atoms with Crippen LogP contribution in [-0.4, -0.2) is 23.5 Å². The maximum Gasteiger partial charge on any atom is 0.416 e. The van der Waals surface area contributed by atoms with E-state index in [0.29, 0.717) is 5.69 Å². The van der Waals surface area contributed by atoms with Gasteiger partial charge < -0.3 is 15.4 Å². The van der Waals surface area contributed by atoms with E-state index in [-0.39, 0.29) is 17.1 Å². The summed E-state index contributed by atoms with van der Waals surface area (Å²) >= 11 is 0. The predicted octanol–water partition coefficient (Wildman–Crippen LogP) is 6.31. The number of hydrogen-bond acceptors (Lipinski definition) is 5. The molecule has 0 radical (unpaired) electrons. The molecule has 0 saturated carbocycles. The van der Waals surface area contributed by atoms with Gasteiger partial charge in [-0.2, -0.15) is 13.2 Å². The lowest BCUT2D eigenvalue weighted by atomic mass is 10.0. The molecule has 4 rings (SSSR count). The van der Waals surface area contributed by atoms with Crippen LogP contribution in [-0.2, 0) is 15.7 Å². The number of halogens is 3. The Morgan fingerprint density at radius 1 is 0.861 bits per heavy atom. The van der Waals surface area contributed by atoms with E-state index in [2.05, 4.69) is 15.6 Å². The van der Waals surface area contributed by atoms with Gasteiger partial charge in [-0.15, -0.1) is 0 Å². The van der Waals surface area contributed by atoms with Gasteiger partial charge in [0.15, 0.2) is 6.61 Å². The average molecular weight is 491 g/mol. The molecule has 0 unspecified atom stereocenters. The van der Waals surface area contributed by atoms with E-state index in [4.69, 9.17) is 4.74 Å². The molecule has 36 heavy (non-hydrogen) atoms. The average Bonchev–Trinajstić information content (AvgIpc) is 2.88. The summed E-state index contributed by atoms with van der Waals surface area (Å²) in [5, 5.41) is 5.44. The van der Waals surface area contributed by atoms with Crippen molar-refractivity contribution in [1.82, 2.24) is 4.98 Å². The van der Waals surface area contributed by atoms with Gasteiger partial charge in [-0.25, -0.2) is 9.78 Å². The highest BCUT2D eigenvalue weighted by Crippen LogP contribution is 2.32. The number of ether oxygens (including phenoxy) is 1. The molecule has 3 aromatic carbocycles. The van der Waals surface area contributed by atoms with E-state index < -0.39 is 30.2 Å². The summed E-state index contributed by atoms with van der Waals surface area (Å²) in [6.07, 6.45) is -3.14. The Kier molecular flexibility index (Phi) is 7.29. The Morgan fingerprint density at radius 2 is 1.61 bits per heavy atom. The van der Waals surface area contributed by atoms with Gasteiger partial charge in [0.2, 0.25) is 0 Å². The van der Waals surface area contributed by atoms with Crippen LogP contribution in [0.25, 0.3) is 11.1 Å². The van der Waals surface area contributed by atoms with Crippen molar-refractivity contribution in [3.8, 4) is 11.1 Å². The number of alkyl halides is 3. The molecular formula is C27H20F3N3O3. The number of esters is 1. The zero-order valence-corrected chi connectivity index (χ0v) is 18.8. The third-order valence-electron chi connectivity index (χ3n) is 5.10. The second kappa shape index (κ2) is 10.7. The van der Waals surface area contributed by atoms with Gasteiger partial charge >= 0.3 is 12.1 Å². The number of amides is 1. The van der Waals surface area contributed by atoms with Crippen molar-refractivity contribution in [3.05, 3.63) is 108 Å². The van der Waals surface area contributed by atoms with Crippen molar-refractivity contribution in [3.63, 3.8) is 0 Å². The molecule has 9 heteroatoms. The summed E-state index contributed by atoms with van der Waals surface area (Å²) in [5.74, 6) is -1.41. The first-order valence-electron chi connectivity index (χ1n) is 10.8. The largest absolute Gasteiger partial charge is 0.452 e. The van der Waals surface area contributed by atoms with Gasteiger partial charge in [0.05, 0.1) is 5.56 Å². The molecule has 1 amide bonds. The maximum atomic E-state index is 13.0. The Labute approximate surface area is 204 Å². The summed E-state index contributed by atoms with van der Waals surface area (Å²) in [5.41, 5.74) is 1.47.